The lowest BCUT2D eigenvalue weighted by atomic mass is 10.1. The van der Waals surface area contributed by atoms with Gasteiger partial charge < -0.3 is 10.2 Å². The van der Waals surface area contributed by atoms with Gasteiger partial charge in [-0.15, -0.1) is 0 Å². The molecular formula is C14H22N2. The number of aryl methyl sites for hydroxylation is 1. The van der Waals surface area contributed by atoms with Crippen LogP contribution in [0.25, 0.3) is 0 Å². The third-order valence-corrected chi connectivity index (χ3v) is 3.23. The first-order valence-corrected chi connectivity index (χ1v) is 6.21. The van der Waals surface area contributed by atoms with E-state index in [9.17, 15) is 0 Å². The second kappa shape index (κ2) is 5.46. The number of hydrogen-bond acceptors (Lipinski definition) is 2. The summed E-state index contributed by atoms with van der Waals surface area (Å²) in [4.78, 5) is 2.41. The molecule has 0 aliphatic carbocycles. The minimum atomic E-state index is 0.704. The third kappa shape index (κ3) is 3.32. The van der Waals surface area contributed by atoms with Crippen molar-refractivity contribution in [3.63, 3.8) is 0 Å². The Morgan fingerprint density at radius 2 is 2.31 bits per heavy atom. The first-order chi connectivity index (χ1) is 7.74. The summed E-state index contributed by atoms with van der Waals surface area (Å²) in [6.45, 7) is 5.57. The molecule has 1 aliphatic heterocycles. The Morgan fingerprint density at radius 1 is 1.44 bits per heavy atom. The molecule has 2 rings (SSSR count). The Labute approximate surface area is 98.7 Å². The van der Waals surface area contributed by atoms with E-state index in [-0.39, 0.29) is 0 Å². The molecule has 1 aromatic carbocycles. The summed E-state index contributed by atoms with van der Waals surface area (Å²) in [7, 11) is 2.21. The quantitative estimate of drug-likeness (QED) is 0.833. The summed E-state index contributed by atoms with van der Waals surface area (Å²) in [6.07, 6.45) is 2.67. The molecule has 1 saturated heterocycles. The van der Waals surface area contributed by atoms with E-state index in [1.165, 1.54) is 30.5 Å². The largest absolute Gasteiger partial charge is 0.313 e. The van der Waals surface area contributed by atoms with Gasteiger partial charge in [0.1, 0.15) is 0 Å². The Kier molecular flexibility index (Phi) is 3.97. The number of hydrogen-bond donors (Lipinski definition) is 1. The zero-order valence-corrected chi connectivity index (χ0v) is 10.4. The molecule has 1 N–H and O–H groups in total. The molecule has 1 unspecified atom stereocenters. The predicted molar refractivity (Wildman–Crippen MR) is 68.5 cm³/mol. The van der Waals surface area contributed by atoms with Gasteiger partial charge in [0.2, 0.25) is 0 Å². The van der Waals surface area contributed by atoms with Gasteiger partial charge in [0.05, 0.1) is 0 Å². The van der Waals surface area contributed by atoms with Crippen molar-refractivity contribution in [3.8, 4) is 0 Å². The van der Waals surface area contributed by atoms with Crippen molar-refractivity contribution in [2.24, 2.45) is 0 Å². The monoisotopic (exact) mass is 218 g/mol. The normalized spacial score (nSPS) is 20.6. The minimum absolute atomic E-state index is 0.704. The van der Waals surface area contributed by atoms with Gasteiger partial charge >= 0.3 is 0 Å². The van der Waals surface area contributed by atoms with E-state index in [2.05, 4.69) is 48.5 Å². The van der Waals surface area contributed by atoms with Gasteiger partial charge in [-0.3, -0.25) is 0 Å². The second-order valence-electron chi connectivity index (χ2n) is 4.98. The average molecular weight is 218 g/mol. The Morgan fingerprint density at radius 3 is 3.00 bits per heavy atom. The zero-order valence-electron chi connectivity index (χ0n) is 10.4. The molecule has 16 heavy (non-hydrogen) atoms. The average Bonchev–Trinajstić information content (AvgIpc) is 2.70. The van der Waals surface area contributed by atoms with Crippen LogP contribution in [0, 0.1) is 6.92 Å². The Balaban J connectivity index is 1.84. The van der Waals surface area contributed by atoms with Gasteiger partial charge in [-0.05, 0) is 38.9 Å². The van der Waals surface area contributed by atoms with Gasteiger partial charge in [-0.2, -0.15) is 0 Å². The molecule has 1 fully saturated rings. The summed E-state index contributed by atoms with van der Waals surface area (Å²) in [5.74, 6) is 0. The van der Waals surface area contributed by atoms with Crippen LogP contribution in [0.5, 0.6) is 0 Å². The number of likely N-dealkylation sites (N-methyl/N-ethyl adjacent to an activating group) is 1. The molecule has 0 amide bonds. The topological polar surface area (TPSA) is 15.3 Å². The third-order valence-electron chi connectivity index (χ3n) is 3.23. The molecule has 0 radical (unpaired) electrons. The van der Waals surface area contributed by atoms with Crippen LogP contribution >= 0.6 is 0 Å². The highest BCUT2D eigenvalue weighted by atomic mass is 15.1. The van der Waals surface area contributed by atoms with Gasteiger partial charge in [0.25, 0.3) is 0 Å². The molecule has 1 heterocycles. The number of nitrogens with zero attached hydrogens (tertiary/aromatic N) is 1. The molecule has 2 heteroatoms. The fourth-order valence-electron chi connectivity index (χ4n) is 2.48. The minimum Gasteiger partial charge on any atom is -0.313 e. The fraction of sp³-hybridized carbons (Fsp3) is 0.571. The van der Waals surface area contributed by atoms with E-state index in [1.54, 1.807) is 0 Å². The van der Waals surface area contributed by atoms with Gasteiger partial charge in [-0.1, -0.05) is 29.8 Å². The summed E-state index contributed by atoms with van der Waals surface area (Å²) >= 11 is 0. The van der Waals surface area contributed by atoms with E-state index in [0.717, 1.165) is 13.1 Å². The number of nitrogens with one attached hydrogen (secondary N) is 1. The van der Waals surface area contributed by atoms with Crippen LogP contribution in [0.2, 0.25) is 0 Å². The molecule has 0 saturated carbocycles. The van der Waals surface area contributed by atoms with Crippen LogP contribution in [-0.4, -0.2) is 31.1 Å². The molecule has 1 atom stereocenters. The maximum atomic E-state index is 3.54. The lowest BCUT2D eigenvalue weighted by Crippen LogP contribution is -2.34. The molecule has 0 bridgehead atoms. The molecule has 88 valence electrons. The van der Waals surface area contributed by atoms with Crippen LogP contribution in [0.4, 0.5) is 0 Å². The van der Waals surface area contributed by atoms with E-state index in [0.29, 0.717) is 6.04 Å². The van der Waals surface area contributed by atoms with E-state index in [1.807, 2.05) is 0 Å². The SMILES string of the molecule is Cc1cccc(CN(C)CC2CCCN2)c1. The van der Waals surface area contributed by atoms with Crippen molar-refractivity contribution in [2.75, 3.05) is 20.1 Å². The first-order valence-electron chi connectivity index (χ1n) is 6.21. The van der Waals surface area contributed by atoms with Crippen molar-refractivity contribution >= 4 is 0 Å². The predicted octanol–water partition coefficient (Wildman–Crippen LogP) is 2.18. The molecule has 2 nitrogen and oxygen atoms in total. The van der Waals surface area contributed by atoms with Crippen molar-refractivity contribution in [1.82, 2.24) is 10.2 Å². The molecule has 1 aliphatic rings. The van der Waals surface area contributed by atoms with Crippen LogP contribution in [0.1, 0.15) is 24.0 Å². The summed E-state index contributed by atoms with van der Waals surface area (Å²) < 4.78 is 0. The zero-order chi connectivity index (χ0) is 11.4. The van der Waals surface area contributed by atoms with Crippen LogP contribution < -0.4 is 5.32 Å². The van der Waals surface area contributed by atoms with Crippen LogP contribution in [0.15, 0.2) is 24.3 Å². The first kappa shape index (κ1) is 11.6. The van der Waals surface area contributed by atoms with E-state index >= 15 is 0 Å². The standard InChI is InChI=1S/C14H22N2/c1-12-5-3-6-13(9-12)10-16(2)11-14-7-4-8-15-14/h3,5-6,9,14-15H,4,7-8,10-11H2,1-2H3. The summed E-state index contributed by atoms with van der Waals surface area (Å²) in [6, 6.07) is 9.49. The molecule has 1 aromatic rings. The highest BCUT2D eigenvalue weighted by Crippen LogP contribution is 2.10. The smallest absolute Gasteiger partial charge is 0.0231 e. The summed E-state index contributed by atoms with van der Waals surface area (Å²) in [5, 5.41) is 3.54. The number of benzene rings is 1. The molecule has 0 aromatic heterocycles. The van der Waals surface area contributed by atoms with Crippen molar-refractivity contribution in [1.29, 1.82) is 0 Å². The summed E-state index contributed by atoms with van der Waals surface area (Å²) in [5.41, 5.74) is 2.77. The van der Waals surface area contributed by atoms with Crippen LogP contribution in [-0.2, 0) is 6.54 Å². The molecule has 0 spiro atoms. The Bertz CT molecular complexity index is 329. The van der Waals surface area contributed by atoms with Crippen molar-refractivity contribution in [3.05, 3.63) is 35.4 Å². The maximum absolute atomic E-state index is 3.54. The lowest BCUT2D eigenvalue weighted by Gasteiger charge is -2.21. The number of rotatable bonds is 4. The molecular weight excluding hydrogens is 196 g/mol. The van der Waals surface area contributed by atoms with Gasteiger partial charge in [0.15, 0.2) is 0 Å². The van der Waals surface area contributed by atoms with E-state index in [4.69, 9.17) is 0 Å². The van der Waals surface area contributed by atoms with E-state index < -0.39 is 0 Å². The Hall–Kier alpha value is -0.860. The second-order valence-corrected chi connectivity index (χ2v) is 4.98. The van der Waals surface area contributed by atoms with Crippen molar-refractivity contribution < 1.29 is 0 Å². The van der Waals surface area contributed by atoms with Crippen LogP contribution in [0.3, 0.4) is 0 Å². The van der Waals surface area contributed by atoms with Gasteiger partial charge in [-0.25, -0.2) is 0 Å². The fourth-order valence-corrected chi connectivity index (χ4v) is 2.48. The lowest BCUT2D eigenvalue weighted by molar-refractivity contribution is 0.293. The highest BCUT2D eigenvalue weighted by molar-refractivity contribution is 5.22. The maximum Gasteiger partial charge on any atom is 0.0231 e. The van der Waals surface area contributed by atoms with Gasteiger partial charge in [0, 0.05) is 19.1 Å². The van der Waals surface area contributed by atoms with Crippen molar-refractivity contribution in [2.45, 2.75) is 32.4 Å². The highest BCUT2D eigenvalue weighted by Gasteiger charge is 2.15.